The zero-order valence-corrected chi connectivity index (χ0v) is 34.8. The normalized spacial score (nSPS) is 11.8. The first-order valence-electron chi connectivity index (χ1n) is 21.3. The van der Waals surface area contributed by atoms with Gasteiger partial charge in [-0.25, -0.2) is 9.97 Å². The average molecular weight is 821 g/mol. The molecule has 0 atom stereocenters. The van der Waals surface area contributed by atoms with Crippen molar-refractivity contribution in [2.24, 2.45) is 0 Å². The van der Waals surface area contributed by atoms with Gasteiger partial charge < -0.3 is 9.13 Å². The van der Waals surface area contributed by atoms with Gasteiger partial charge in [0, 0.05) is 54.0 Å². The third-order valence-corrected chi connectivity index (χ3v) is 13.7. The van der Waals surface area contributed by atoms with Gasteiger partial charge in [-0.15, -0.1) is 11.3 Å². The molecule has 13 aromatic rings. The highest BCUT2D eigenvalue weighted by molar-refractivity contribution is 7.26. The number of benzene rings is 9. The topological polar surface area (TPSA) is 35.6 Å². The van der Waals surface area contributed by atoms with Crippen molar-refractivity contribution in [3.63, 3.8) is 0 Å². The Bertz CT molecular complexity index is 3890. The van der Waals surface area contributed by atoms with Crippen LogP contribution in [0.5, 0.6) is 0 Å². The Balaban J connectivity index is 1.19. The van der Waals surface area contributed by atoms with Crippen LogP contribution in [0.4, 0.5) is 0 Å². The van der Waals surface area contributed by atoms with E-state index in [-0.39, 0.29) is 0 Å². The number of para-hydroxylation sites is 3. The van der Waals surface area contributed by atoms with Crippen LogP contribution in [-0.4, -0.2) is 19.1 Å². The first-order chi connectivity index (χ1) is 31.3. The second-order valence-corrected chi connectivity index (χ2v) is 17.1. The van der Waals surface area contributed by atoms with Crippen LogP contribution < -0.4 is 0 Å². The van der Waals surface area contributed by atoms with E-state index < -0.39 is 0 Å². The number of fused-ring (bicyclic) bond motifs is 10. The quantitative estimate of drug-likeness (QED) is 0.167. The summed E-state index contributed by atoms with van der Waals surface area (Å²) in [5.74, 6) is 0.714. The van der Waals surface area contributed by atoms with Crippen LogP contribution in [0.15, 0.2) is 218 Å². The standard InChI is InChI=1S/C58H36N4S/c1-5-19-37(20-6-1)45-36-51(62-49-31-17-14-28-43(49)53-50(62)34-33-42-41-27-13-16-30-48(41)61(56(42)53)40-25-11-4-12-26-40)46(38-21-7-2-8-22-38)35-47(45)55-57-54(44-29-15-18-32-52(44)63-57)59-58(60-55)39-23-9-3-10-24-39/h1-36H. The predicted octanol–water partition coefficient (Wildman–Crippen LogP) is 15.7. The number of thiophene rings is 1. The lowest BCUT2D eigenvalue weighted by atomic mass is 9.91. The molecule has 4 heterocycles. The minimum absolute atomic E-state index is 0.714. The van der Waals surface area contributed by atoms with Gasteiger partial charge in [-0.05, 0) is 65.2 Å². The zero-order valence-electron chi connectivity index (χ0n) is 34.0. The highest BCUT2D eigenvalue weighted by Crippen LogP contribution is 2.48. The smallest absolute Gasteiger partial charge is 0.160 e. The Kier molecular flexibility index (Phi) is 8.05. The lowest BCUT2D eigenvalue weighted by Gasteiger charge is -2.20. The monoisotopic (exact) mass is 820 g/mol. The summed E-state index contributed by atoms with van der Waals surface area (Å²) in [6.45, 7) is 0. The van der Waals surface area contributed by atoms with E-state index in [1.165, 1.54) is 37.3 Å². The summed E-state index contributed by atoms with van der Waals surface area (Å²) in [7, 11) is 0. The molecule has 0 aliphatic carbocycles. The van der Waals surface area contributed by atoms with Crippen LogP contribution in [0.25, 0.3) is 120 Å². The van der Waals surface area contributed by atoms with E-state index in [1.807, 2.05) is 6.07 Å². The van der Waals surface area contributed by atoms with Gasteiger partial charge in [-0.3, -0.25) is 0 Å². The molecule has 0 unspecified atom stereocenters. The van der Waals surface area contributed by atoms with E-state index in [0.717, 1.165) is 77.1 Å². The fourth-order valence-electron chi connectivity index (χ4n) is 9.78. The van der Waals surface area contributed by atoms with Crippen molar-refractivity contribution in [1.82, 2.24) is 19.1 Å². The summed E-state index contributed by atoms with van der Waals surface area (Å²) in [6.07, 6.45) is 0. The molecule has 0 saturated carbocycles. The summed E-state index contributed by atoms with van der Waals surface area (Å²) in [5.41, 5.74) is 15.4. The van der Waals surface area contributed by atoms with Crippen molar-refractivity contribution >= 4 is 75.3 Å². The van der Waals surface area contributed by atoms with E-state index in [2.05, 4.69) is 221 Å². The maximum Gasteiger partial charge on any atom is 0.160 e. The molecular weight excluding hydrogens is 785 g/mol. The third-order valence-electron chi connectivity index (χ3n) is 12.5. The zero-order chi connectivity index (χ0) is 41.4. The predicted molar refractivity (Wildman–Crippen MR) is 265 cm³/mol. The second kappa shape index (κ2) is 14.2. The Morgan fingerprint density at radius 2 is 0.952 bits per heavy atom. The average Bonchev–Trinajstić information content (AvgIpc) is 4.02. The Morgan fingerprint density at radius 3 is 1.67 bits per heavy atom. The van der Waals surface area contributed by atoms with Crippen molar-refractivity contribution in [3.8, 4) is 56.3 Å². The molecule has 0 radical (unpaired) electrons. The van der Waals surface area contributed by atoms with Crippen LogP contribution >= 0.6 is 11.3 Å². The van der Waals surface area contributed by atoms with Gasteiger partial charge in [0.25, 0.3) is 0 Å². The van der Waals surface area contributed by atoms with Gasteiger partial charge in [0.15, 0.2) is 5.82 Å². The highest BCUT2D eigenvalue weighted by Gasteiger charge is 2.26. The van der Waals surface area contributed by atoms with Gasteiger partial charge in [0.05, 0.1) is 43.7 Å². The summed E-state index contributed by atoms with van der Waals surface area (Å²) < 4.78 is 7.22. The van der Waals surface area contributed by atoms with Gasteiger partial charge in [-0.2, -0.15) is 0 Å². The maximum absolute atomic E-state index is 5.53. The molecular formula is C58H36N4S. The van der Waals surface area contributed by atoms with E-state index in [9.17, 15) is 0 Å². The van der Waals surface area contributed by atoms with Gasteiger partial charge in [0.2, 0.25) is 0 Å². The summed E-state index contributed by atoms with van der Waals surface area (Å²) >= 11 is 1.77. The van der Waals surface area contributed by atoms with Crippen LogP contribution in [-0.2, 0) is 0 Å². The van der Waals surface area contributed by atoms with Crippen molar-refractivity contribution < 1.29 is 0 Å². The molecule has 63 heavy (non-hydrogen) atoms. The molecule has 0 bridgehead atoms. The molecule has 0 spiro atoms. The maximum atomic E-state index is 5.53. The van der Waals surface area contributed by atoms with E-state index in [0.29, 0.717) is 5.82 Å². The highest BCUT2D eigenvalue weighted by atomic mass is 32.1. The van der Waals surface area contributed by atoms with Crippen molar-refractivity contribution in [2.75, 3.05) is 0 Å². The van der Waals surface area contributed by atoms with Crippen molar-refractivity contribution in [3.05, 3.63) is 218 Å². The van der Waals surface area contributed by atoms with Crippen molar-refractivity contribution in [2.45, 2.75) is 0 Å². The van der Waals surface area contributed by atoms with Crippen molar-refractivity contribution in [1.29, 1.82) is 0 Å². The fourth-order valence-corrected chi connectivity index (χ4v) is 10.9. The number of aromatic nitrogens is 4. The molecule has 4 aromatic heterocycles. The van der Waals surface area contributed by atoms with E-state index in [1.54, 1.807) is 11.3 Å². The summed E-state index contributed by atoms with van der Waals surface area (Å²) in [4.78, 5) is 10.8. The molecule has 0 fully saturated rings. The minimum Gasteiger partial charge on any atom is -0.309 e. The molecule has 9 aromatic carbocycles. The van der Waals surface area contributed by atoms with Gasteiger partial charge in [-0.1, -0.05) is 170 Å². The lowest BCUT2D eigenvalue weighted by Crippen LogP contribution is -2.01. The Hall–Kier alpha value is -8.12. The molecule has 0 aliphatic heterocycles. The first-order valence-corrected chi connectivity index (χ1v) is 22.2. The van der Waals surface area contributed by atoms with Crippen LogP contribution in [0.1, 0.15) is 0 Å². The number of nitrogens with zero attached hydrogens (tertiary/aromatic N) is 4. The first kappa shape index (κ1) is 35.6. The molecule has 0 aliphatic rings. The molecule has 294 valence electrons. The van der Waals surface area contributed by atoms with E-state index in [4.69, 9.17) is 9.97 Å². The number of rotatable bonds is 6. The Labute approximate surface area is 367 Å². The fraction of sp³-hybridized carbons (Fsp3) is 0. The molecule has 5 heteroatoms. The second-order valence-electron chi connectivity index (χ2n) is 16.1. The third kappa shape index (κ3) is 5.53. The van der Waals surface area contributed by atoms with Crippen LogP contribution in [0.2, 0.25) is 0 Å². The molecule has 0 amide bonds. The summed E-state index contributed by atoms with van der Waals surface area (Å²) in [5, 5.41) is 6.05. The number of hydrogen-bond donors (Lipinski definition) is 0. The lowest BCUT2D eigenvalue weighted by molar-refractivity contribution is 1.17. The van der Waals surface area contributed by atoms with Crippen LogP contribution in [0.3, 0.4) is 0 Å². The molecule has 4 nitrogen and oxygen atoms in total. The SMILES string of the molecule is c1ccc(-c2nc(-c3cc(-c4ccccc4)c(-n4c5ccccc5c5c4ccc4c6ccccc6n(-c6ccccc6)c45)cc3-c3ccccc3)c3sc4ccccc4c3n2)cc1. The molecule has 0 saturated heterocycles. The van der Waals surface area contributed by atoms with E-state index >= 15 is 0 Å². The molecule has 0 N–H and O–H groups in total. The Morgan fingerprint density at radius 1 is 0.381 bits per heavy atom. The van der Waals surface area contributed by atoms with Crippen LogP contribution in [0, 0.1) is 0 Å². The number of hydrogen-bond acceptors (Lipinski definition) is 3. The van der Waals surface area contributed by atoms with Gasteiger partial charge in [0.1, 0.15) is 0 Å². The molecule has 13 rings (SSSR count). The largest absolute Gasteiger partial charge is 0.309 e. The summed E-state index contributed by atoms with van der Waals surface area (Å²) in [6, 6.07) is 78.6. The van der Waals surface area contributed by atoms with Gasteiger partial charge >= 0.3 is 0 Å². The minimum atomic E-state index is 0.714.